The maximum Gasteiger partial charge on any atom is 0.332 e. The van der Waals surface area contributed by atoms with Crippen LogP contribution in [-0.4, -0.2) is 31.5 Å². The first-order valence-electron chi connectivity index (χ1n) is 8.40. The van der Waals surface area contributed by atoms with Crippen LogP contribution in [0.1, 0.15) is 30.4 Å². The summed E-state index contributed by atoms with van der Waals surface area (Å²) in [6.45, 7) is 3.35. The Labute approximate surface area is 145 Å². The fourth-order valence-corrected chi connectivity index (χ4v) is 3.52. The van der Waals surface area contributed by atoms with Gasteiger partial charge >= 0.3 is 5.69 Å². The minimum absolute atomic E-state index is 0.0214. The Kier molecular flexibility index (Phi) is 4.49. The highest BCUT2D eigenvalue weighted by atomic mass is 16.2. The summed E-state index contributed by atoms with van der Waals surface area (Å²) in [6.07, 6.45) is 6.74. The van der Waals surface area contributed by atoms with Gasteiger partial charge < -0.3 is 4.90 Å². The van der Waals surface area contributed by atoms with Gasteiger partial charge in [0.05, 0.1) is 12.7 Å². The van der Waals surface area contributed by atoms with Gasteiger partial charge in [0.15, 0.2) is 5.56 Å². The van der Waals surface area contributed by atoms with Crippen LogP contribution in [0.15, 0.2) is 22.0 Å². The predicted octanol–water partition coefficient (Wildman–Crippen LogP) is 0.520. The summed E-state index contributed by atoms with van der Waals surface area (Å²) in [6, 6.07) is 2.08. The molecule has 2 aromatic rings. The molecule has 0 aliphatic carbocycles. The third kappa shape index (κ3) is 2.97. The van der Waals surface area contributed by atoms with Crippen LogP contribution in [0.5, 0.6) is 0 Å². The number of nitriles is 1. The highest BCUT2D eigenvalue weighted by Gasteiger charge is 2.29. The molecule has 1 aliphatic rings. The lowest BCUT2D eigenvalue weighted by Crippen LogP contribution is -2.48. The summed E-state index contributed by atoms with van der Waals surface area (Å²) < 4.78 is 4.27. The van der Waals surface area contributed by atoms with Gasteiger partial charge in [-0.15, -0.1) is 0 Å². The largest absolute Gasteiger partial charge is 0.352 e. The highest BCUT2D eigenvalue weighted by molar-refractivity contribution is 5.54. The maximum atomic E-state index is 12.4. The topological polar surface area (TPSA) is 88.8 Å². The molecule has 0 amide bonds. The standard InChI is InChI=1S/C17H22N6O2/c1-12-9-19-22(10-12)11-13-6-4-5-7-23(13)15-14(8-18)16(24)21(3)17(25)20(15)2/h9-10,13H,4-7,11H2,1-3H3. The molecule has 8 nitrogen and oxygen atoms in total. The summed E-state index contributed by atoms with van der Waals surface area (Å²) in [7, 11) is 3.01. The molecule has 0 radical (unpaired) electrons. The summed E-state index contributed by atoms with van der Waals surface area (Å²) in [4.78, 5) is 26.8. The molecule has 0 bridgehead atoms. The van der Waals surface area contributed by atoms with Gasteiger partial charge in [-0.05, 0) is 31.7 Å². The number of hydrogen-bond acceptors (Lipinski definition) is 5. The maximum absolute atomic E-state index is 12.4. The molecule has 2 aromatic heterocycles. The minimum Gasteiger partial charge on any atom is -0.352 e. The average Bonchev–Trinajstić information content (AvgIpc) is 3.02. The van der Waals surface area contributed by atoms with E-state index in [9.17, 15) is 14.9 Å². The zero-order valence-corrected chi connectivity index (χ0v) is 14.8. The van der Waals surface area contributed by atoms with Crippen molar-refractivity contribution in [1.29, 1.82) is 5.26 Å². The van der Waals surface area contributed by atoms with E-state index in [0.29, 0.717) is 18.9 Å². The van der Waals surface area contributed by atoms with Crippen molar-refractivity contribution in [2.24, 2.45) is 14.1 Å². The second-order valence-electron chi connectivity index (χ2n) is 6.60. The first-order valence-corrected chi connectivity index (χ1v) is 8.40. The SMILES string of the molecule is Cc1cnn(CC2CCCCN2c2c(C#N)c(=O)n(C)c(=O)n2C)c1. The first kappa shape index (κ1) is 17.0. The summed E-state index contributed by atoms with van der Waals surface area (Å²) in [5, 5.41) is 13.9. The quantitative estimate of drug-likeness (QED) is 0.811. The molecule has 0 saturated carbocycles. The van der Waals surface area contributed by atoms with Crippen LogP contribution in [0.4, 0.5) is 5.82 Å². The van der Waals surface area contributed by atoms with Crippen LogP contribution < -0.4 is 16.1 Å². The molecule has 3 rings (SSSR count). The Bertz CT molecular complexity index is 946. The number of nitrogens with zero attached hydrogens (tertiary/aromatic N) is 6. The molecule has 132 valence electrons. The Morgan fingerprint density at radius 2 is 2.04 bits per heavy atom. The van der Waals surface area contributed by atoms with Gasteiger partial charge in [-0.1, -0.05) is 0 Å². The molecule has 1 unspecified atom stereocenters. The van der Waals surface area contributed by atoms with E-state index < -0.39 is 11.2 Å². The van der Waals surface area contributed by atoms with E-state index in [0.717, 1.165) is 29.4 Å². The van der Waals surface area contributed by atoms with Crippen LogP contribution >= 0.6 is 0 Å². The van der Waals surface area contributed by atoms with Gasteiger partial charge in [0.2, 0.25) is 0 Å². The van der Waals surface area contributed by atoms with E-state index in [1.807, 2.05) is 35.0 Å². The van der Waals surface area contributed by atoms with Gasteiger partial charge in [0, 0.05) is 32.9 Å². The van der Waals surface area contributed by atoms with E-state index in [-0.39, 0.29) is 11.6 Å². The molecule has 1 atom stereocenters. The molecule has 3 heterocycles. The van der Waals surface area contributed by atoms with Crippen molar-refractivity contribution in [3.05, 3.63) is 44.4 Å². The zero-order valence-electron chi connectivity index (χ0n) is 14.8. The van der Waals surface area contributed by atoms with Gasteiger partial charge in [-0.3, -0.25) is 18.6 Å². The van der Waals surface area contributed by atoms with E-state index in [1.54, 1.807) is 7.05 Å². The molecular formula is C17H22N6O2. The molecule has 0 aromatic carbocycles. The number of anilines is 1. The van der Waals surface area contributed by atoms with Crippen LogP contribution in [0, 0.1) is 18.3 Å². The number of piperidine rings is 1. The van der Waals surface area contributed by atoms with Gasteiger partial charge in [-0.2, -0.15) is 10.4 Å². The highest BCUT2D eigenvalue weighted by Crippen LogP contribution is 2.26. The fraction of sp³-hybridized carbons (Fsp3) is 0.529. The lowest BCUT2D eigenvalue weighted by molar-refractivity contribution is 0.391. The van der Waals surface area contributed by atoms with E-state index in [4.69, 9.17) is 0 Å². The lowest BCUT2D eigenvalue weighted by Gasteiger charge is -2.38. The molecule has 0 N–H and O–H groups in total. The van der Waals surface area contributed by atoms with Crippen molar-refractivity contribution >= 4 is 5.82 Å². The zero-order chi connectivity index (χ0) is 18.1. The lowest BCUT2D eigenvalue weighted by atomic mass is 10.0. The van der Waals surface area contributed by atoms with Gasteiger partial charge in [0.1, 0.15) is 11.9 Å². The molecule has 1 saturated heterocycles. The van der Waals surface area contributed by atoms with Crippen molar-refractivity contribution in [2.45, 2.75) is 38.8 Å². The Morgan fingerprint density at radius 3 is 2.68 bits per heavy atom. The van der Waals surface area contributed by atoms with Crippen LogP contribution in [0.2, 0.25) is 0 Å². The Morgan fingerprint density at radius 1 is 1.28 bits per heavy atom. The molecule has 8 heteroatoms. The van der Waals surface area contributed by atoms with Crippen molar-refractivity contribution in [2.75, 3.05) is 11.4 Å². The Balaban J connectivity index is 2.08. The normalized spacial score (nSPS) is 17.5. The number of aromatic nitrogens is 4. The van der Waals surface area contributed by atoms with Crippen LogP contribution in [0.25, 0.3) is 0 Å². The first-order chi connectivity index (χ1) is 11.9. The third-order valence-electron chi connectivity index (χ3n) is 4.80. The number of aryl methyl sites for hydroxylation is 1. The summed E-state index contributed by atoms with van der Waals surface area (Å²) in [5.74, 6) is 0.421. The Hall–Kier alpha value is -2.82. The van der Waals surface area contributed by atoms with Crippen LogP contribution in [-0.2, 0) is 20.6 Å². The van der Waals surface area contributed by atoms with Crippen LogP contribution in [0.3, 0.4) is 0 Å². The molecular weight excluding hydrogens is 320 g/mol. The van der Waals surface area contributed by atoms with Crippen molar-refractivity contribution < 1.29 is 0 Å². The van der Waals surface area contributed by atoms with Crippen molar-refractivity contribution in [3.8, 4) is 6.07 Å². The van der Waals surface area contributed by atoms with Crippen molar-refractivity contribution in [3.63, 3.8) is 0 Å². The number of hydrogen-bond donors (Lipinski definition) is 0. The monoisotopic (exact) mass is 342 g/mol. The smallest absolute Gasteiger partial charge is 0.332 e. The third-order valence-corrected chi connectivity index (χ3v) is 4.80. The molecule has 1 fully saturated rings. The second kappa shape index (κ2) is 6.59. The molecule has 25 heavy (non-hydrogen) atoms. The van der Waals surface area contributed by atoms with Gasteiger partial charge in [-0.25, -0.2) is 4.79 Å². The predicted molar refractivity (Wildman–Crippen MR) is 93.6 cm³/mol. The summed E-state index contributed by atoms with van der Waals surface area (Å²) in [5.41, 5.74) is 0.146. The van der Waals surface area contributed by atoms with E-state index in [2.05, 4.69) is 5.10 Å². The fourth-order valence-electron chi connectivity index (χ4n) is 3.52. The number of rotatable bonds is 3. The van der Waals surface area contributed by atoms with E-state index in [1.165, 1.54) is 11.6 Å². The minimum atomic E-state index is -0.542. The molecule has 1 aliphatic heterocycles. The summed E-state index contributed by atoms with van der Waals surface area (Å²) >= 11 is 0. The average molecular weight is 342 g/mol. The second-order valence-corrected chi connectivity index (χ2v) is 6.60. The van der Waals surface area contributed by atoms with Crippen molar-refractivity contribution in [1.82, 2.24) is 18.9 Å². The molecule has 0 spiro atoms. The van der Waals surface area contributed by atoms with E-state index >= 15 is 0 Å². The van der Waals surface area contributed by atoms with Gasteiger partial charge in [0.25, 0.3) is 5.56 Å².